The summed E-state index contributed by atoms with van der Waals surface area (Å²) < 4.78 is 5.48. The zero-order valence-electron chi connectivity index (χ0n) is 14.7. The Hall–Kier alpha value is -3.06. The summed E-state index contributed by atoms with van der Waals surface area (Å²) in [5.74, 6) is 0.897. The first kappa shape index (κ1) is 16.8. The minimum atomic E-state index is 0.897. The van der Waals surface area contributed by atoms with Crippen molar-refractivity contribution in [2.75, 3.05) is 7.11 Å². The third kappa shape index (κ3) is 3.56. The van der Waals surface area contributed by atoms with Gasteiger partial charge >= 0.3 is 0 Å². The van der Waals surface area contributed by atoms with Crippen molar-refractivity contribution in [1.82, 2.24) is 0 Å². The van der Waals surface area contributed by atoms with Gasteiger partial charge in [-0.25, -0.2) is 0 Å². The molecule has 0 aromatic heterocycles. The zero-order chi connectivity index (χ0) is 17.6. The van der Waals surface area contributed by atoms with Crippen LogP contribution in [0.25, 0.3) is 29.0 Å². The van der Waals surface area contributed by atoms with Crippen LogP contribution in [0.2, 0.25) is 0 Å². The number of fused-ring (bicyclic) bond motifs is 1. The molecule has 1 nitrogen and oxygen atoms in total. The standard InChI is InChI=1S/C24H22O/c1-4-9-19(21-11-6-5-10-18(21)2)14-15-20-16-17-24(25-3)23-13-8-7-12-22(20)23/h4-17H,2H2,1,3H3/b9-4-,15-14+,21-19+. The SMILES string of the molecule is C=c1cccc/c1=C(/C=C\C)\C=C\c1ccc(OC)c2ccccc12. The Morgan fingerprint density at radius 3 is 2.32 bits per heavy atom. The zero-order valence-corrected chi connectivity index (χ0v) is 14.7. The first-order valence-corrected chi connectivity index (χ1v) is 8.39. The molecule has 0 aliphatic carbocycles. The number of hydrogen-bond donors (Lipinski definition) is 0. The van der Waals surface area contributed by atoms with Gasteiger partial charge in [0.1, 0.15) is 5.75 Å². The summed E-state index contributed by atoms with van der Waals surface area (Å²) >= 11 is 0. The van der Waals surface area contributed by atoms with Gasteiger partial charge in [-0.15, -0.1) is 0 Å². The highest BCUT2D eigenvalue weighted by Gasteiger charge is 2.03. The number of methoxy groups -OCH3 is 1. The molecule has 0 N–H and O–H groups in total. The minimum absolute atomic E-state index is 0.897. The Labute approximate surface area is 148 Å². The second-order valence-electron chi connectivity index (χ2n) is 5.85. The van der Waals surface area contributed by atoms with Crippen LogP contribution in [0.3, 0.4) is 0 Å². The van der Waals surface area contributed by atoms with Gasteiger partial charge in [0.2, 0.25) is 0 Å². The molecule has 0 bridgehead atoms. The predicted octanol–water partition coefficient (Wildman–Crippen LogP) is 4.70. The summed E-state index contributed by atoms with van der Waals surface area (Å²) in [7, 11) is 1.71. The third-order valence-corrected chi connectivity index (χ3v) is 4.25. The highest BCUT2D eigenvalue weighted by molar-refractivity contribution is 5.95. The van der Waals surface area contributed by atoms with E-state index in [9.17, 15) is 0 Å². The molecule has 0 saturated carbocycles. The van der Waals surface area contributed by atoms with Gasteiger partial charge in [-0.2, -0.15) is 0 Å². The number of rotatable bonds is 4. The van der Waals surface area contributed by atoms with Crippen LogP contribution in [0.15, 0.2) is 78.9 Å². The third-order valence-electron chi connectivity index (χ3n) is 4.25. The van der Waals surface area contributed by atoms with Crippen molar-refractivity contribution in [2.45, 2.75) is 6.92 Å². The predicted molar refractivity (Wildman–Crippen MR) is 109 cm³/mol. The van der Waals surface area contributed by atoms with Gasteiger partial charge in [0.25, 0.3) is 0 Å². The van der Waals surface area contributed by atoms with Gasteiger partial charge in [-0.3, -0.25) is 0 Å². The smallest absolute Gasteiger partial charge is 0.126 e. The van der Waals surface area contributed by atoms with E-state index in [4.69, 9.17) is 4.74 Å². The monoisotopic (exact) mass is 326 g/mol. The van der Waals surface area contributed by atoms with Crippen molar-refractivity contribution in [3.05, 3.63) is 94.9 Å². The van der Waals surface area contributed by atoms with Gasteiger partial charge in [-0.05, 0) is 40.0 Å². The van der Waals surface area contributed by atoms with E-state index in [2.05, 4.69) is 61.2 Å². The highest BCUT2D eigenvalue weighted by atomic mass is 16.5. The molecule has 3 rings (SSSR count). The average Bonchev–Trinajstić information content (AvgIpc) is 2.65. The van der Waals surface area contributed by atoms with Crippen molar-refractivity contribution >= 4 is 29.0 Å². The van der Waals surface area contributed by atoms with E-state index < -0.39 is 0 Å². The normalized spacial score (nSPS) is 12.9. The molecule has 0 spiro atoms. The van der Waals surface area contributed by atoms with Crippen LogP contribution < -0.4 is 15.2 Å². The summed E-state index contributed by atoms with van der Waals surface area (Å²) in [4.78, 5) is 0. The highest BCUT2D eigenvalue weighted by Crippen LogP contribution is 2.29. The second-order valence-corrected chi connectivity index (χ2v) is 5.85. The van der Waals surface area contributed by atoms with Crippen LogP contribution in [0.4, 0.5) is 0 Å². The maximum absolute atomic E-state index is 5.48. The molecule has 0 unspecified atom stereocenters. The van der Waals surface area contributed by atoms with E-state index >= 15 is 0 Å². The molecule has 1 heteroatoms. The number of ether oxygens (including phenoxy) is 1. The van der Waals surface area contributed by atoms with Crippen molar-refractivity contribution in [3.8, 4) is 5.75 Å². The fraction of sp³-hybridized carbons (Fsp3) is 0.0833. The Morgan fingerprint density at radius 1 is 0.880 bits per heavy atom. The molecule has 0 fully saturated rings. The van der Waals surface area contributed by atoms with Gasteiger partial charge in [0, 0.05) is 5.39 Å². The largest absolute Gasteiger partial charge is 0.496 e. The topological polar surface area (TPSA) is 9.23 Å². The summed E-state index contributed by atoms with van der Waals surface area (Å²) in [6, 6.07) is 20.6. The Kier molecular flexibility index (Phi) is 5.15. The lowest BCUT2D eigenvalue weighted by molar-refractivity contribution is 0.420. The Bertz CT molecular complexity index is 1050. The van der Waals surface area contributed by atoms with Gasteiger partial charge in [0.05, 0.1) is 7.11 Å². The van der Waals surface area contributed by atoms with Crippen molar-refractivity contribution in [2.24, 2.45) is 0 Å². The van der Waals surface area contributed by atoms with E-state index in [0.29, 0.717) is 0 Å². The summed E-state index contributed by atoms with van der Waals surface area (Å²) in [5, 5.41) is 4.48. The molecular weight excluding hydrogens is 304 g/mol. The molecule has 0 radical (unpaired) electrons. The van der Waals surface area contributed by atoms with Crippen molar-refractivity contribution in [1.29, 1.82) is 0 Å². The summed E-state index contributed by atoms with van der Waals surface area (Å²) in [6.45, 7) is 6.18. The second kappa shape index (κ2) is 7.67. The molecule has 0 aliphatic rings. The van der Waals surface area contributed by atoms with Gasteiger partial charge in [-0.1, -0.05) is 85.5 Å². The molecule has 3 aromatic rings. The average molecular weight is 326 g/mol. The van der Waals surface area contributed by atoms with Crippen LogP contribution in [0, 0.1) is 0 Å². The minimum Gasteiger partial charge on any atom is -0.496 e. The summed E-state index contributed by atoms with van der Waals surface area (Å²) in [5.41, 5.74) is 2.31. The van der Waals surface area contributed by atoms with E-state index in [1.807, 2.05) is 37.3 Å². The molecule has 0 atom stereocenters. The van der Waals surface area contributed by atoms with Crippen LogP contribution in [-0.4, -0.2) is 7.11 Å². The van der Waals surface area contributed by atoms with E-state index in [0.717, 1.165) is 27.1 Å². The Balaban J connectivity index is 2.16. The molecule has 25 heavy (non-hydrogen) atoms. The molecule has 0 heterocycles. The lowest BCUT2D eigenvalue weighted by atomic mass is 10.0. The van der Waals surface area contributed by atoms with Gasteiger partial charge < -0.3 is 4.74 Å². The quantitative estimate of drug-likeness (QED) is 0.675. The lowest BCUT2D eigenvalue weighted by Crippen LogP contribution is -2.23. The van der Waals surface area contributed by atoms with Gasteiger partial charge in [0.15, 0.2) is 0 Å². The first-order valence-electron chi connectivity index (χ1n) is 8.39. The number of hydrogen-bond acceptors (Lipinski definition) is 1. The van der Waals surface area contributed by atoms with Crippen LogP contribution >= 0.6 is 0 Å². The maximum atomic E-state index is 5.48. The maximum Gasteiger partial charge on any atom is 0.126 e. The lowest BCUT2D eigenvalue weighted by Gasteiger charge is -2.08. The van der Waals surface area contributed by atoms with Crippen molar-refractivity contribution in [3.63, 3.8) is 0 Å². The Morgan fingerprint density at radius 2 is 1.60 bits per heavy atom. The fourth-order valence-corrected chi connectivity index (χ4v) is 3.01. The molecule has 0 amide bonds. The summed E-state index contributed by atoms with van der Waals surface area (Å²) in [6.07, 6.45) is 8.48. The number of allylic oxidation sites excluding steroid dienone is 3. The van der Waals surface area contributed by atoms with Crippen LogP contribution in [0.1, 0.15) is 12.5 Å². The molecule has 124 valence electrons. The fourth-order valence-electron chi connectivity index (χ4n) is 3.01. The van der Waals surface area contributed by atoms with Crippen LogP contribution in [-0.2, 0) is 0 Å². The molecule has 0 aliphatic heterocycles. The molecular formula is C24H22O. The molecule has 3 aromatic carbocycles. The number of benzene rings is 3. The van der Waals surface area contributed by atoms with E-state index in [1.54, 1.807) is 7.11 Å². The van der Waals surface area contributed by atoms with E-state index in [-0.39, 0.29) is 0 Å². The van der Waals surface area contributed by atoms with Crippen molar-refractivity contribution < 1.29 is 4.74 Å². The molecule has 0 saturated heterocycles. The first-order chi connectivity index (χ1) is 12.2. The van der Waals surface area contributed by atoms with E-state index in [1.165, 1.54) is 10.9 Å². The van der Waals surface area contributed by atoms with Crippen LogP contribution in [0.5, 0.6) is 5.75 Å².